The van der Waals surface area contributed by atoms with Crippen LogP contribution in [0, 0.1) is 0 Å². The standard InChI is InChI=1S/C20H22N2O7S2/c23-19(21-15(20(24)25)13-14-7-2-1-3-8-14)16-9-6-12-22(16)31(28,29)18-11-5-4-10-17(18)30(26)27/h1-5,7-8,10-11,15-16,18H,6,9,12-13H2,(H,21,23)(H,24,25)/t15-,16-,18?/m0/s1. The van der Waals surface area contributed by atoms with Crippen LogP contribution < -0.4 is 5.32 Å². The highest BCUT2D eigenvalue weighted by Crippen LogP contribution is 2.26. The highest BCUT2D eigenvalue weighted by atomic mass is 32.2. The molecule has 1 heterocycles. The van der Waals surface area contributed by atoms with E-state index in [2.05, 4.69) is 5.32 Å². The first-order valence-corrected chi connectivity index (χ1v) is 12.2. The van der Waals surface area contributed by atoms with Crippen molar-refractivity contribution in [2.75, 3.05) is 6.54 Å². The van der Waals surface area contributed by atoms with Crippen molar-refractivity contribution in [1.82, 2.24) is 9.62 Å². The number of aliphatic carboxylic acids is 1. The second kappa shape index (κ2) is 9.58. The van der Waals surface area contributed by atoms with E-state index in [-0.39, 0.29) is 24.3 Å². The van der Waals surface area contributed by atoms with E-state index >= 15 is 0 Å². The molecule has 1 aromatic carbocycles. The summed E-state index contributed by atoms with van der Waals surface area (Å²) < 4.78 is 50.3. The number of carbonyl (C=O) groups is 2. The Labute approximate surface area is 181 Å². The molecule has 0 aromatic heterocycles. The number of nitrogens with one attached hydrogen (secondary N) is 1. The first-order valence-electron chi connectivity index (χ1n) is 9.60. The van der Waals surface area contributed by atoms with E-state index in [9.17, 15) is 31.5 Å². The van der Waals surface area contributed by atoms with E-state index in [0.29, 0.717) is 12.0 Å². The van der Waals surface area contributed by atoms with Crippen LogP contribution in [0.4, 0.5) is 0 Å². The lowest BCUT2D eigenvalue weighted by atomic mass is 10.1. The van der Waals surface area contributed by atoms with Gasteiger partial charge in [-0.25, -0.2) is 13.2 Å². The van der Waals surface area contributed by atoms with Crippen molar-refractivity contribution in [3.63, 3.8) is 0 Å². The molecule has 1 aliphatic heterocycles. The molecule has 31 heavy (non-hydrogen) atoms. The molecule has 2 N–H and O–H groups in total. The summed E-state index contributed by atoms with van der Waals surface area (Å²) in [4.78, 5) is 24.2. The molecular weight excluding hydrogens is 444 g/mol. The van der Waals surface area contributed by atoms with E-state index in [1.807, 2.05) is 0 Å². The quantitative estimate of drug-likeness (QED) is 0.545. The molecule has 166 valence electrons. The summed E-state index contributed by atoms with van der Waals surface area (Å²) in [7, 11) is -6.95. The summed E-state index contributed by atoms with van der Waals surface area (Å²) in [6.07, 6.45) is 5.97. The van der Waals surface area contributed by atoms with Gasteiger partial charge < -0.3 is 10.4 Å². The minimum absolute atomic E-state index is 0.0453. The second-order valence-corrected chi connectivity index (χ2v) is 10.2. The number of allylic oxidation sites excluding steroid dienone is 3. The van der Waals surface area contributed by atoms with Gasteiger partial charge in [0, 0.05) is 13.0 Å². The fourth-order valence-corrected chi connectivity index (χ4v) is 6.62. The Kier molecular flexibility index (Phi) is 7.08. The SMILES string of the molecule is O=C(O)[C@H](Cc1ccccc1)NC(=O)[C@@H]1CCCN1S(=O)(=O)C1C=CC=CC1=S(=O)=O. The van der Waals surface area contributed by atoms with Gasteiger partial charge in [0.1, 0.15) is 17.3 Å². The number of sulfonamides is 1. The van der Waals surface area contributed by atoms with Crippen LogP contribution in [0.1, 0.15) is 18.4 Å². The van der Waals surface area contributed by atoms with E-state index < -0.39 is 49.5 Å². The van der Waals surface area contributed by atoms with Crippen molar-refractivity contribution in [3.8, 4) is 0 Å². The highest BCUT2D eigenvalue weighted by molar-refractivity contribution is 7.92. The number of rotatable bonds is 7. The summed E-state index contributed by atoms with van der Waals surface area (Å²) in [5, 5.41) is 10.5. The zero-order valence-electron chi connectivity index (χ0n) is 16.4. The van der Waals surface area contributed by atoms with Gasteiger partial charge in [0.2, 0.25) is 26.2 Å². The predicted octanol–water partition coefficient (Wildman–Crippen LogP) is 0.139. The third kappa shape index (κ3) is 5.12. The molecule has 3 atom stereocenters. The van der Waals surface area contributed by atoms with Crippen molar-refractivity contribution >= 4 is 37.1 Å². The number of benzene rings is 1. The largest absolute Gasteiger partial charge is 0.480 e. The molecule has 1 amide bonds. The Morgan fingerprint density at radius 2 is 1.90 bits per heavy atom. The highest BCUT2D eigenvalue weighted by Gasteiger charge is 2.44. The van der Waals surface area contributed by atoms with Gasteiger partial charge in [0.15, 0.2) is 0 Å². The van der Waals surface area contributed by atoms with Crippen molar-refractivity contribution in [3.05, 3.63) is 60.2 Å². The first-order chi connectivity index (χ1) is 14.7. The molecule has 1 saturated heterocycles. The summed E-state index contributed by atoms with van der Waals surface area (Å²) in [5.74, 6) is -1.95. The molecule has 0 radical (unpaired) electrons. The van der Waals surface area contributed by atoms with Gasteiger partial charge in [-0.15, -0.1) is 0 Å². The molecule has 9 nitrogen and oxygen atoms in total. The maximum Gasteiger partial charge on any atom is 0.326 e. The minimum Gasteiger partial charge on any atom is -0.480 e. The summed E-state index contributed by atoms with van der Waals surface area (Å²) >= 11 is 0. The molecule has 0 saturated carbocycles. The van der Waals surface area contributed by atoms with E-state index in [1.54, 1.807) is 30.3 Å². The molecular formula is C20H22N2O7S2. The fraction of sp³-hybridized carbons (Fsp3) is 0.350. The number of amides is 1. The lowest BCUT2D eigenvalue weighted by Crippen LogP contribution is -2.53. The fourth-order valence-electron chi connectivity index (χ4n) is 3.67. The minimum atomic E-state index is -4.21. The van der Waals surface area contributed by atoms with Crippen LogP contribution in [0.15, 0.2) is 54.6 Å². The van der Waals surface area contributed by atoms with Gasteiger partial charge in [0.05, 0.1) is 4.86 Å². The Bertz CT molecular complexity index is 1150. The summed E-state index contributed by atoms with van der Waals surface area (Å²) in [5.41, 5.74) is 0.711. The zero-order chi connectivity index (χ0) is 22.6. The number of hydrogen-bond acceptors (Lipinski definition) is 6. The number of hydrogen-bond donors (Lipinski definition) is 2. The van der Waals surface area contributed by atoms with Gasteiger partial charge >= 0.3 is 5.97 Å². The Morgan fingerprint density at radius 1 is 1.19 bits per heavy atom. The van der Waals surface area contributed by atoms with Crippen LogP contribution in [-0.4, -0.2) is 66.9 Å². The lowest BCUT2D eigenvalue weighted by Gasteiger charge is -2.28. The third-order valence-electron chi connectivity index (χ3n) is 5.18. The maximum atomic E-state index is 13.2. The topological polar surface area (TPSA) is 138 Å². The molecule has 11 heteroatoms. The van der Waals surface area contributed by atoms with Gasteiger partial charge in [-0.1, -0.05) is 48.6 Å². The van der Waals surface area contributed by atoms with E-state index in [4.69, 9.17) is 0 Å². The van der Waals surface area contributed by atoms with Gasteiger partial charge in [-0.3, -0.25) is 4.79 Å². The Morgan fingerprint density at radius 3 is 2.55 bits per heavy atom. The summed E-state index contributed by atoms with van der Waals surface area (Å²) in [6.45, 7) is 0.0453. The smallest absolute Gasteiger partial charge is 0.326 e. The average molecular weight is 467 g/mol. The van der Waals surface area contributed by atoms with Crippen molar-refractivity contribution in [1.29, 1.82) is 0 Å². The van der Waals surface area contributed by atoms with Crippen LogP contribution in [0.5, 0.6) is 0 Å². The van der Waals surface area contributed by atoms with Crippen LogP contribution in [0.2, 0.25) is 0 Å². The second-order valence-electron chi connectivity index (χ2n) is 7.20. The first kappa shape index (κ1) is 22.9. The van der Waals surface area contributed by atoms with Crippen LogP contribution in [-0.2, 0) is 36.3 Å². The summed E-state index contributed by atoms with van der Waals surface area (Å²) in [6, 6.07) is 6.42. The van der Waals surface area contributed by atoms with Crippen molar-refractivity contribution < 1.29 is 31.5 Å². The molecule has 1 aliphatic carbocycles. The molecule has 1 fully saturated rings. The third-order valence-corrected chi connectivity index (χ3v) is 8.25. The molecule has 0 spiro atoms. The Hall–Kier alpha value is -2.76. The lowest BCUT2D eigenvalue weighted by molar-refractivity contribution is -0.142. The maximum absolute atomic E-state index is 13.2. The zero-order valence-corrected chi connectivity index (χ0v) is 18.1. The molecule has 3 rings (SSSR count). The number of carboxylic acids is 1. The van der Waals surface area contributed by atoms with E-state index in [1.165, 1.54) is 24.3 Å². The van der Waals surface area contributed by atoms with Crippen molar-refractivity contribution in [2.45, 2.75) is 36.6 Å². The number of nitrogens with zero attached hydrogens (tertiary/aromatic N) is 1. The average Bonchev–Trinajstić information content (AvgIpc) is 3.25. The normalized spacial score (nSPS) is 22.3. The van der Waals surface area contributed by atoms with E-state index in [0.717, 1.165) is 4.31 Å². The number of carbonyl (C=O) groups excluding carboxylic acids is 1. The predicted molar refractivity (Wildman–Crippen MR) is 114 cm³/mol. The van der Waals surface area contributed by atoms with Crippen LogP contribution in [0.3, 0.4) is 0 Å². The van der Waals surface area contributed by atoms with Crippen molar-refractivity contribution in [2.24, 2.45) is 0 Å². The van der Waals surface area contributed by atoms with Gasteiger partial charge in [-0.2, -0.15) is 12.7 Å². The molecule has 2 aliphatic rings. The monoisotopic (exact) mass is 466 g/mol. The molecule has 1 aromatic rings. The Balaban J connectivity index is 1.81. The van der Waals surface area contributed by atoms with Gasteiger partial charge in [0.25, 0.3) is 0 Å². The molecule has 0 bridgehead atoms. The number of carboxylic acid groups (broad SMARTS) is 1. The van der Waals surface area contributed by atoms with Crippen LogP contribution in [0.25, 0.3) is 0 Å². The molecule has 1 unspecified atom stereocenters. The van der Waals surface area contributed by atoms with Gasteiger partial charge in [-0.05, 0) is 24.5 Å². The van der Waals surface area contributed by atoms with Crippen LogP contribution >= 0.6 is 0 Å².